The van der Waals surface area contributed by atoms with Crippen LogP contribution in [0.5, 0.6) is 5.75 Å². The summed E-state index contributed by atoms with van der Waals surface area (Å²) < 4.78 is 11.2. The summed E-state index contributed by atoms with van der Waals surface area (Å²) in [5.41, 5.74) is 1.24. The average molecular weight is 410 g/mol. The number of ketones is 1. The first-order chi connectivity index (χ1) is 13.9. The van der Waals surface area contributed by atoms with E-state index in [9.17, 15) is 9.59 Å². The second-order valence-electron chi connectivity index (χ2n) is 6.48. The van der Waals surface area contributed by atoms with Gasteiger partial charge in [-0.15, -0.1) is 0 Å². The fraction of sp³-hybridized carbons (Fsp3) is 0.130. The predicted molar refractivity (Wildman–Crippen MR) is 113 cm³/mol. The van der Waals surface area contributed by atoms with E-state index in [2.05, 4.69) is 0 Å². The highest BCUT2D eigenvalue weighted by atomic mass is 35.5. The number of furan rings is 1. The molecule has 0 aliphatic heterocycles. The minimum absolute atomic E-state index is 0.0856. The van der Waals surface area contributed by atoms with Gasteiger partial charge in [0.15, 0.2) is 12.4 Å². The van der Waals surface area contributed by atoms with Crippen molar-refractivity contribution in [1.82, 2.24) is 4.90 Å². The highest BCUT2D eigenvalue weighted by Gasteiger charge is 2.09. The van der Waals surface area contributed by atoms with E-state index in [4.69, 9.17) is 20.8 Å². The van der Waals surface area contributed by atoms with Crippen molar-refractivity contribution in [3.05, 3.63) is 83.1 Å². The molecular formula is C23H20ClNO4. The number of amides is 1. The maximum atomic E-state index is 12.5. The first-order valence-electron chi connectivity index (χ1n) is 8.94. The lowest BCUT2D eigenvalue weighted by Crippen LogP contribution is -2.27. The van der Waals surface area contributed by atoms with Crippen LogP contribution in [-0.2, 0) is 4.79 Å². The summed E-state index contributed by atoms with van der Waals surface area (Å²) in [5, 5.41) is 0.595. The van der Waals surface area contributed by atoms with E-state index in [0.29, 0.717) is 27.9 Å². The smallest absolute Gasteiger partial charge is 0.259 e. The molecule has 0 radical (unpaired) electrons. The SMILES string of the molecule is CN(C)C(=O)COc1cccc(C(=O)C=Cc2ccc(-c3ccccc3Cl)o2)c1. The maximum absolute atomic E-state index is 12.5. The van der Waals surface area contributed by atoms with Gasteiger partial charge >= 0.3 is 0 Å². The van der Waals surface area contributed by atoms with Gasteiger partial charge in [-0.3, -0.25) is 9.59 Å². The Morgan fingerprint density at radius 1 is 1.07 bits per heavy atom. The van der Waals surface area contributed by atoms with Crippen LogP contribution in [-0.4, -0.2) is 37.3 Å². The number of allylic oxidation sites excluding steroid dienone is 1. The van der Waals surface area contributed by atoms with Crippen LogP contribution in [0, 0.1) is 0 Å². The molecule has 1 aromatic heterocycles. The molecule has 0 saturated carbocycles. The molecule has 6 heteroatoms. The van der Waals surface area contributed by atoms with Gasteiger partial charge in [0.1, 0.15) is 17.3 Å². The maximum Gasteiger partial charge on any atom is 0.259 e. The van der Waals surface area contributed by atoms with Crippen molar-refractivity contribution in [2.24, 2.45) is 0 Å². The molecule has 3 aromatic rings. The summed E-state index contributed by atoms with van der Waals surface area (Å²) in [6.45, 7) is -0.0856. The summed E-state index contributed by atoms with van der Waals surface area (Å²) in [7, 11) is 3.31. The Hall–Kier alpha value is -3.31. The van der Waals surface area contributed by atoms with Gasteiger partial charge < -0.3 is 14.1 Å². The van der Waals surface area contributed by atoms with Gasteiger partial charge in [0.25, 0.3) is 5.91 Å². The van der Waals surface area contributed by atoms with Gasteiger partial charge in [-0.25, -0.2) is 0 Å². The summed E-state index contributed by atoms with van der Waals surface area (Å²) in [4.78, 5) is 25.5. The largest absolute Gasteiger partial charge is 0.484 e. The Labute approximate surface area is 174 Å². The summed E-state index contributed by atoms with van der Waals surface area (Å²) in [5.74, 6) is 1.26. The lowest BCUT2D eigenvalue weighted by molar-refractivity contribution is -0.130. The van der Waals surface area contributed by atoms with Gasteiger partial charge in [0, 0.05) is 25.2 Å². The molecule has 0 N–H and O–H groups in total. The molecule has 5 nitrogen and oxygen atoms in total. The molecule has 0 fully saturated rings. The molecule has 0 atom stereocenters. The molecule has 0 saturated heterocycles. The Morgan fingerprint density at radius 3 is 2.62 bits per heavy atom. The van der Waals surface area contributed by atoms with E-state index in [0.717, 1.165) is 5.56 Å². The molecule has 2 aromatic carbocycles. The van der Waals surface area contributed by atoms with Crippen LogP contribution >= 0.6 is 11.6 Å². The lowest BCUT2D eigenvalue weighted by Gasteiger charge is -2.11. The average Bonchev–Trinajstić information content (AvgIpc) is 3.19. The van der Waals surface area contributed by atoms with Crippen molar-refractivity contribution >= 4 is 29.4 Å². The monoisotopic (exact) mass is 409 g/mol. The lowest BCUT2D eigenvalue weighted by atomic mass is 10.1. The van der Waals surface area contributed by atoms with Crippen LogP contribution in [0.25, 0.3) is 17.4 Å². The Morgan fingerprint density at radius 2 is 1.86 bits per heavy atom. The Balaban J connectivity index is 1.68. The molecular weight excluding hydrogens is 390 g/mol. The standard InChI is InChI=1S/C23H20ClNO4/c1-25(2)23(27)15-28-18-7-5-6-16(14-18)21(26)12-10-17-11-13-22(29-17)19-8-3-4-9-20(19)24/h3-14H,15H2,1-2H3. The van der Waals surface area contributed by atoms with E-state index in [1.165, 1.54) is 11.0 Å². The van der Waals surface area contributed by atoms with Gasteiger partial charge in [-0.1, -0.05) is 35.9 Å². The number of rotatable bonds is 7. The van der Waals surface area contributed by atoms with Crippen LogP contribution in [0.3, 0.4) is 0 Å². The number of carbonyl (C=O) groups is 2. The van der Waals surface area contributed by atoms with Gasteiger partial charge in [0.05, 0.1) is 5.02 Å². The minimum atomic E-state index is -0.204. The summed E-state index contributed by atoms with van der Waals surface area (Å²) in [6.07, 6.45) is 3.03. The Bertz CT molecular complexity index is 1050. The molecule has 148 valence electrons. The predicted octanol–water partition coefficient (Wildman–Crippen LogP) is 4.96. The molecule has 3 rings (SSSR count). The molecule has 0 aliphatic carbocycles. The first-order valence-corrected chi connectivity index (χ1v) is 9.32. The number of nitrogens with zero attached hydrogens (tertiary/aromatic N) is 1. The molecule has 29 heavy (non-hydrogen) atoms. The van der Waals surface area contributed by atoms with Crippen molar-refractivity contribution < 1.29 is 18.7 Å². The van der Waals surface area contributed by atoms with Crippen molar-refractivity contribution in [2.75, 3.05) is 20.7 Å². The number of likely N-dealkylation sites (N-methyl/N-ethyl adjacent to an activating group) is 1. The van der Waals surface area contributed by atoms with Crippen molar-refractivity contribution in [2.45, 2.75) is 0 Å². The zero-order valence-corrected chi connectivity index (χ0v) is 16.8. The third-order valence-corrected chi connectivity index (χ3v) is 4.47. The van der Waals surface area contributed by atoms with E-state index < -0.39 is 0 Å². The first kappa shape index (κ1) is 20.4. The molecule has 0 bridgehead atoms. The number of ether oxygens (including phenoxy) is 1. The van der Waals surface area contributed by atoms with Gasteiger partial charge in [-0.05, 0) is 48.6 Å². The van der Waals surface area contributed by atoms with E-state index in [1.54, 1.807) is 56.6 Å². The van der Waals surface area contributed by atoms with Crippen LogP contribution in [0.1, 0.15) is 16.1 Å². The quantitative estimate of drug-likeness (QED) is 0.408. The number of hydrogen-bond acceptors (Lipinski definition) is 4. The topological polar surface area (TPSA) is 59.8 Å². The second kappa shape index (κ2) is 9.26. The third-order valence-electron chi connectivity index (χ3n) is 4.14. The second-order valence-corrected chi connectivity index (χ2v) is 6.89. The fourth-order valence-electron chi connectivity index (χ4n) is 2.52. The van der Waals surface area contributed by atoms with Crippen molar-refractivity contribution in [1.29, 1.82) is 0 Å². The molecule has 1 amide bonds. The molecule has 0 spiro atoms. The van der Waals surface area contributed by atoms with Crippen LogP contribution in [0.15, 0.2) is 71.2 Å². The van der Waals surface area contributed by atoms with Gasteiger partial charge in [0.2, 0.25) is 0 Å². The zero-order chi connectivity index (χ0) is 20.8. The molecule has 1 heterocycles. The van der Waals surface area contributed by atoms with E-state index in [-0.39, 0.29) is 18.3 Å². The van der Waals surface area contributed by atoms with E-state index in [1.807, 2.05) is 24.3 Å². The molecule has 0 aliphatic rings. The van der Waals surface area contributed by atoms with Crippen molar-refractivity contribution in [3.63, 3.8) is 0 Å². The van der Waals surface area contributed by atoms with Gasteiger partial charge in [-0.2, -0.15) is 0 Å². The summed E-state index contributed by atoms with van der Waals surface area (Å²) >= 11 is 6.19. The summed E-state index contributed by atoms with van der Waals surface area (Å²) in [6, 6.07) is 17.7. The number of hydrogen-bond donors (Lipinski definition) is 0. The van der Waals surface area contributed by atoms with Crippen LogP contribution < -0.4 is 4.74 Å². The number of carbonyl (C=O) groups excluding carboxylic acids is 2. The Kier molecular flexibility index (Phi) is 6.52. The fourth-order valence-corrected chi connectivity index (χ4v) is 2.74. The van der Waals surface area contributed by atoms with Crippen LogP contribution in [0.4, 0.5) is 0 Å². The minimum Gasteiger partial charge on any atom is -0.484 e. The normalized spacial score (nSPS) is 10.9. The van der Waals surface area contributed by atoms with E-state index >= 15 is 0 Å². The van der Waals surface area contributed by atoms with Crippen LogP contribution in [0.2, 0.25) is 5.02 Å². The number of benzene rings is 2. The highest BCUT2D eigenvalue weighted by Crippen LogP contribution is 2.29. The zero-order valence-electron chi connectivity index (χ0n) is 16.1. The number of halogens is 1. The van der Waals surface area contributed by atoms with Crippen molar-refractivity contribution in [3.8, 4) is 17.1 Å². The molecule has 0 unspecified atom stereocenters. The third kappa shape index (κ3) is 5.36. The highest BCUT2D eigenvalue weighted by molar-refractivity contribution is 6.33.